The third-order valence-corrected chi connectivity index (χ3v) is 6.65. The van der Waals surface area contributed by atoms with Crippen LogP contribution in [0.5, 0.6) is 0 Å². The summed E-state index contributed by atoms with van der Waals surface area (Å²) >= 11 is 0. The molecule has 3 atom stereocenters. The van der Waals surface area contributed by atoms with E-state index < -0.39 is 6.04 Å². The molecule has 0 aliphatic carbocycles. The van der Waals surface area contributed by atoms with Gasteiger partial charge in [-0.15, -0.1) is 0 Å². The van der Waals surface area contributed by atoms with E-state index in [-0.39, 0.29) is 42.0 Å². The molecule has 8 nitrogen and oxygen atoms in total. The zero-order valence-corrected chi connectivity index (χ0v) is 19.6. The smallest absolute Gasteiger partial charge is 0.273 e. The van der Waals surface area contributed by atoms with Gasteiger partial charge < -0.3 is 15.1 Å². The minimum absolute atomic E-state index is 0.00904. The molecule has 3 amide bonds. The molecule has 2 fully saturated rings. The number of benzene rings is 1. The Bertz CT molecular complexity index is 1070. The Hall–Kier alpha value is -3.55. The number of hydrogen-bond donors (Lipinski definition) is 1. The van der Waals surface area contributed by atoms with E-state index in [4.69, 9.17) is 0 Å². The van der Waals surface area contributed by atoms with Crippen molar-refractivity contribution in [3.05, 3.63) is 65.5 Å². The fourth-order valence-corrected chi connectivity index (χ4v) is 4.76. The van der Waals surface area contributed by atoms with Crippen LogP contribution in [0, 0.1) is 12.8 Å². The molecule has 4 rings (SSSR count). The minimum Gasteiger partial charge on any atom is -0.352 e. The van der Waals surface area contributed by atoms with Crippen molar-refractivity contribution in [2.24, 2.45) is 5.92 Å². The van der Waals surface area contributed by atoms with E-state index in [1.54, 1.807) is 46.3 Å². The van der Waals surface area contributed by atoms with Crippen molar-refractivity contribution in [3.63, 3.8) is 0 Å². The van der Waals surface area contributed by atoms with Gasteiger partial charge in [-0.1, -0.05) is 30.7 Å². The number of rotatable bonds is 7. The van der Waals surface area contributed by atoms with Gasteiger partial charge in [-0.05, 0) is 49.9 Å². The van der Waals surface area contributed by atoms with Crippen LogP contribution in [0.1, 0.15) is 52.6 Å². The van der Waals surface area contributed by atoms with Crippen LogP contribution in [0.2, 0.25) is 0 Å². The highest BCUT2D eigenvalue weighted by molar-refractivity contribution is 6.01. The second-order valence-electron chi connectivity index (χ2n) is 9.22. The molecule has 0 saturated carbocycles. The Balaban J connectivity index is 1.28. The maximum Gasteiger partial charge on any atom is 0.273 e. The van der Waals surface area contributed by atoms with Crippen molar-refractivity contribution in [1.29, 1.82) is 0 Å². The number of hydrogen-bond acceptors (Lipinski definition) is 5. The monoisotopic (exact) mass is 462 g/mol. The van der Waals surface area contributed by atoms with E-state index in [1.807, 2.05) is 26.0 Å². The summed E-state index contributed by atoms with van der Waals surface area (Å²) in [5.41, 5.74) is 2.02. The summed E-state index contributed by atoms with van der Waals surface area (Å²) in [6.07, 6.45) is 3.09. The summed E-state index contributed by atoms with van der Waals surface area (Å²) in [5, 5.41) is 2.90. The van der Waals surface area contributed by atoms with E-state index in [9.17, 15) is 19.2 Å². The molecule has 34 heavy (non-hydrogen) atoms. The van der Waals surface area contributed by atoms with Crippen molar-refractivity contribution in [1.82, 2.24) is 20.1 Å². The molecule has 0 spiro atoms. The lowest BCUT2D eigenvalue weighted by atomic mass is 10.0. The van der Waals surface area contributed by atoms with Gasteiger partial charge in [0.25, 0.3) is 11.8 Å². The van der Waals surface area contributed by atoms with Crippen LogP contribution in [-0.4, -0.2) is 70.0 Å². The summed E-state index contributed by atoms with van der Waals surface area (Å²) < 4.78 is 0. The van der Waals surface area contributed by atoms with Crippen LogP contribution in [-0.2, 0) is 9.59 Å². The van der Waals surface area contributed by atoms with Crippen LogP contribution in [0.15, 0.2) is 48.7 Å². The van der Waals surface area contributed by atoms with Gasteiger partial charge in [-0.25, -0.2) is 0 Å². The number of aromatic nitrogens is 1. The third kappa shape index (κ3) is 5.00. The Morgan fingerprint density at radius 1 is 1.12 bits per heavy atom. The van der Waals surface area contributed by atoms with Crippen molar-refractivity contribution >= 4 is 23.5 Å². The highest BCUT2D eigenvalue weighted by Crippen LogP contribution is 2.31. The topological polar surface area (TPSA) is 99.7 Å². The molecule has 1 aromatic heterocycles. The number of carbonyl (C=O) groups is 4. The molecule has 1 N–H and O–H groups in total. The fourth-order valence-electron chi connectivity index (χ4n) is 4.76. The minimum atomic E-state index is -0.575. The van der Waals surface area contributed by atoms with E-state index >= 15 is 0 Å². The van der Waals surface area contributed by atoms with Gasteiger partial charge in [0.1, 0.15) is 11.7 Å². The Labute approximate surface area is 199 Å². The molecule has 0 radical (unpaired) electrons. The highest BCUT2D eigenvalue weighted by Gasteiger charge is 2.51. The molecule has 2 aliphatic rings. The largest absolute Gasteiger partial charge is 0.352 e. The first-order valence-electron chi connectivity index (χ1n) is 11.7. The van der Waals surface area contributed by atoms with E-state index in [0.717, 1.165) is 5.56 Å². The number of fused-ring (bicyclic) bond motifs is 1. The van der Waals surface area contributed by atoms with Crippen LogP contribution in [0.25, 0.3) is 0 Å². The van der Waals surface area contributed by atoms with E-state index in [0.29, 0.717) is 43.6 Å². The average Bonchev–Trinajstić information content (AvgIpc) is 3.41. The second-order valence-corrected chi connectivity index (χ2v) is 9.22. The predicted octanol–water partition coefficient (Wildman–Crippen LogP) is 2.23. The van der Waals surface area contributed by atoms with E-state index in [1.165, 1.54) is 0 Å². The van der Waals surface area contributed by atoms with Crippen molar-refractivity contribution < 1.29 is 19.2 Å². The molecule has 2 aromatic rings. The van der Waals surface area contributed by atoms with Gasteiger partial charge >= 0.3 is 0 Å². The maximum atomic E-state index is 13.0. The lowest BCUT2D eigenvalue weighted by molar-refractivity contribution is -0.137. The number of pyridine rings is 1. The Morgan fingerprint density at radius 2 is 1.88 bits per heavy atom. The number of ketones is 1. The molecule has 3 unspecified atom stereocenters. The molecular formula is C26H30N4O4. The SMILES string of the molecule is Cc1ccc(C(=O)NCCC(C)CC(=O)N2CCC3C2C(=O)CN3C(=O)c2ccccn2)cc1. The number of amides is 3. The van der Waals surface area contributed by atoms with Crippen molar-refractivity contribution in [2.75, 3.05) is 19.6 Å². The Morgan fingerprint density at radius 3 is 2.59 bits per heavy atom. The number of likely N-dealkylation sites (tertiary alicyclic amines) is 2. The van der Waals surface area contributed by atoms with E-state index in [2.05, 4.69) is 10.3 Å². The number of nitrogens with zero attached hydrogens (tertiary/aromatic N) is 3. The summed E-state index contributed by atoms with van der Waals surface area (Å²) in [5.74, 6) is -0.528. The van der Waals surface area contributed by atoms with Gasteiger partial charge in [0, 0.05) is 31.3 Å². The summed E-state index contributed by atoms with van der Waals surface area (Å²) in [4.78, 5) is 58.2. The van der Waals surface area contributed by atoms with Gasteiger partial charge in [-0.3, -0.25) is 24.2 Å². The van der Waals surface area contributed by atoms with Crippen LogP contribution in [0.3, 0.4) is 0 Å². The maximum absolute atomic E-state index is 13.0. The number of carbonyl (C=O) groups excluding carboxylic acids is 4. The van der Waals surface area contributed by atoms with Gasteiger partial charge in [0.15, 0.2) is 5.78 Å². The second kappa shape index (κ2) is 10.2. The first-order valence-corrected chi connectivity index (χ1v) is 11.7. The third-order valence-electron chi connectivity index (χ3n) is 6.65. The van der Waals surface area contributed by atoms with Crippen LogP contribution in [0.4, 0.5) is 0 Å². The lowest BCUT2D eigenvalue weighted by Gasteiger charge is -2.25. The molecule has 2 saturated heterocycles. The average molecular weight is 463 g/mol. The van der Waals surface area contributed by atoms with Gasteiger partial charge in [0.05, 0.1) is 12.6 Å². The van der Waals surface area contributed by atoms with Crippen molar-refractivity contribution in [2.45, 2.75) is 45.2 Å². The number of nitrogens with one attached hydrogen (secondary N) is 1. The molecule has 8 heteroatoms. The quantitative estimate of drug-likeness (QED) is 0.680. The molecule has 0 bridgehead atoms. The molecule has 178 valence electrons. The summed E-state index contributed by atoms with van der Waals surface area (Å²) in [6.45, 7) is 4.88. The number of aryl methyl sites for hydroxylation is 1. The van der Waals surface area contributed by atoms with Crippen molar-refractivity contribution in [3.8, 4) is 0 Å². The van der Waals surface area contributed by atoms with Gasteiger partial charge in [-0.2, -0.15) is 0 Å². The lowest BCUT2D eigenvalue weighted by Crippen LogP contribution is -2.44. The molecule has 3 heterocycles. The first-order chi connectivity index (χ1) is 16.3. The zero-order chi connectivity index (χ0) is 24.2. The predicted molar refractivity (Wildman–Crippen MR) is 126 cm³/mol. The highest BCUT2D eigenvalue weighted by atomic mass is 16.2. The normalized spacial score (nSPS) is 20.2. The summed E-state index contributed by atoms with van der Waals surface area (Å²) in [7, 11) is 0. The molecule has 1 aromatic carbocycles. The van der Waals surface area contributed by atoms with Crippen LogP contribution >= 0.6 is 0 Å². The summed E-state index contributed by atoms with van der Waals surface area (Å²) in [6, 6.07) is 11.6. The van der Waals surface area contributed by atoms with Gasteiger partial charge in [0.2, 0.25) is 5.91 Å². The van der Waals surface area contributed by atoms with Crippen LogP contribution < -0.4 is 5.32 Å². The fraction of sp³-hybridized carbons (Fsp3) is 0.423. The molecular weight excluding hydrogens is 432 g/mol. The number of Topliss-reactive ketones (excluding diaryl/α,β-unsaturated/α-hetero) is 1. The zero-order valence-electron chi connectivity index (χ0n) is 19.6. The molecule has 2 aliphatic heterocycles. The standard InChI is InChI=1S/C26H30N4O4/c1-17-6-8-19(9-7-17)25(33)28-13-10-18(2)15-23(32)29-14-11-21-24(29)22(31)16-30(21)26(34)20-5-3-4-12-27-20/h3-9,12,18,21,24H,10-11,13-16H2,1-2H3,(H,28,33). The Kier molecular flexibility index (Phi) is 7.05. The first kappa shape index (κ1) is 23.6.